The molecule has 1 heterocycles. The van der Waals surface area contributed by atoms with E-state index in [0.29, 0.717) is 16.9 Å². The normalized spacial score (nSPS) is 16.5. The van der Waals surface area contributed by atoms with Gasteiger partial charge >= 0.3 is 18.2 Å². The molecule has 0 saturated heterocycles. The second-order valence-corrected chi connectivity index (χ2v) is 14.1. The summed E-state index contributed by atoms with van der Waals surface area (Å²) in [6, 6.07) is 36.8. The zero-order chi connectivity index (χ0) is 41.4. The lowest BCUT2D eigenvalue weighted by molar-refractivity contribution is -0.142. The van der Waals surface area contributed by atoms with Gasteiger partial charge in [-0.3, -0.25) is 9.59 Å². The summed E-state index contributed by atoms with van der Waals surface area (Å²) >= 11 is 0. The number of alkyl carbamates (subject to hydrolysis) is 2. The van der Waals surface area contributed by atoms with Gasteiger partial charge in [0.1, 0.15) is 43.7 Å². The van der Waals surface area contributed by atoms with E-state index in [1.54, 1.807) is 24.3 Å². The highest BCUT2D eigenvalue weighted by atomic mass is 16.6. The number of fused-ring (bicyclic) bond motifs is 5. The summed E-state index contributed by atoms with van der Waals surface area (Å²) in [6.45, 7) is 0.335. The van der Waals surface area contributed by atoms with Crippen molar-refractivity contribution in [2.24, 2.45) is 0 Å². The molecule has 0 aromatic heterocycles. The summed E-state index contributed by atoms with van der Waals surface area (Å²) < 4.78 is 17.1. The molecule has 0 saturated carbocycles. The van der Waals surface area contributed by atoms with Crippen LogP contribution in [0.15, 0.2) is 133 Å². The van der Waals surface area contributed by atoms with Crippen molar-refractivity contribution in [1.29, 1.82) is 0 Å². The molecule has 13 heteroatoms. The molecule has 5 N–H and O–H groups in total. The summed E-state index contributed by atoms with van der Waals surface area (Å²) in [5.41, 5.74) is 5.26. The molecule has 6 rings (SSSR count). The van der Waals surface area contributed by atoms with Crippen LogP contribution in [0.3, 0.4) is 0 Å². The molecule has 3 atom stereocenters. The summed E-state index contributed by atoms with van der Waals surface area (Å²) in [5.74, 6) is -2.26. The molecule has 0 spiro atoms. The fraction of sp³-hybridized carbons (Fsp3) is 0.239. The highest BCUT2D eigenvalue weighted by Crippen LogP contribution is 2.30. The molecule has 0 aliphatic carbocycles. The van der Waals surface area contributed by atoms with Crippen molar-refractivity contribution < 1.29 is 43.3 Å². The molecule has 1 aliphatic rings. The number of carboxylic acids is 1. The first-order chi connectivity index (χ1) is 28.7. The molecule has 4 amide bonds. The molecular formula is C46H46N4O9. The predicted molar refractivity (Wildman–Crippen MR) is 219 cm³/mol. The number of nitrogens with one attached hydrogen (secondary N) is 4. The van der Waals surface area contributed by atoms with Crippen molar-refractivity contribution >= 4 is 30.0 Å². The number of amides is 4. The molecule has 1 aliphatic heterocycles. The number of carbonyl (C=O) groups excluding carboxylic acids is 4. The highest BCUT2D eigenvalue weighted by Gasteiger charge is 2.31. The van der Waals surface area contributed by atoms with Crippen LogP contribution in [0.4, 0.5) is 9.59 Å². The monoisotopic (exact) mass is 798 g/mol. The molecule has 5 aromatic rings. The van der Waals surface area contributed by atoms with Crippen LogP contribution in [0.25, 0.3) is 11.1 Å². The van der Waals surface area contributed by atoms with Crippen molar-refractivity contribution in [2.45, 2.75) is 63.6 Å². The minimum atomic E-state index is -1.33. The van der Waals surface area contributed by atoms with Crippen LogP contribution in [-0.4, -0.2) is 59.7 Å². The molecule has 5 aromatic carbocycles. The number of hydrogen-bond acceptors (Lipinski definition) is 8. The summed E-state index contributed by atoms with van der Waals surface area (Å²) in [6.07, 6.45) is -1.42. The molecule has 59 heavy (non-hydrogen) atoms. The molecule has 0 fully saturated rings. The van der Waals surface area contributed by atoms with Gasteiger partial charge < -0.3 is 40.6 Å². The summed E-state index contributed by atoms with van der Waals surface area (Å²) in [4.78, 5) is 66.5. The van der Waals surface area contributed by atoms with Gasteiger partial charge in [0.15, 0.2) is 0 Å². The number of benzene rings is 5. The van der Waals surface area contributed by atoms with Crippen molar-refractivity contribution in [3.05, 3.63) is 161 Å². The van der Waals surface area contributed by atoms with Gasteiger partial charge in [0.25, 0.3) is 0 Å². The van der Waals surface area contributed by atoms with E-state index in [2.05, 4.69) is 21.3 Å². The highest BCUT2D eigenvalue weighted by molar-refractivity contribution is 5.93. The van der Waals surface area contributed by atoms with E-state index in [0.717, 1.165) is 27.8 Å². The molecule has 0 radical (unpaired) electrons. The number of carboxylic acid groups (broad SMARTS) is 1. The Morgan fingerprint density at radius 1 is 0.644 bits per heavy atom. The Kier molecular flexibility index (Phi) is 14.7. The second kappa shape index (κ2) is 20.8. The topological polar surface area (TPSA) is 181 Å². The minimum absolute atomic E-state index is 0.00442. The van der Waals surface area contributed by atoms with Gasteiger partial charge in [-0.05, 0) is 63.9 Å². The van der Waals surface area contributed by atoms with E-state index >= 15 is 0 Å². The Bertz CT molecular complexity index is 2200. The van der Waals surface area contributed by atoms with Crippen molar-refractivity contribution in [3.8, 4) is 16.9 Å². The zero-order valence-electron chi connectivity index (χ0n) is 32.3. The largest absolute Gasteiger partial charge is 0.489 e. The first-order valence-electron chi connectivity index (χ1n) is 19.3. The van der Waals surface area contributed by atoms with Crippen LogP contribution in [0.1, 0.15) is 40.7 Å². The van der Waals surface area contributed by atoms with Crippen LogP contribution >= 0.6 is 0 Å². The lowest BCUT2D eigenvalue weighted by atomic mass is 9.96. The van der Waals surface area contributed by atoms with Gasteiger partial charge in [-0.2, -0.15) is 0 Å². The van der Waals surface area contributed by atoms with Crippen molar-refractivity contribution in [2.75, 3.05) is 6.54 Å². The number of ether oxygens (including phenoxy) is 3. The summed E-state index contributed by atoms with van der Waals surface area (Å²) in [7, 11) is 0. The lowest BCUT2D eigenvalue weighted by Gasteiger charge is -2.25. The molecule has 4 bridgehead atoms. The van der Waals surface area contributed by atoms with E-state index in [-0.39, 0.29) is 52.0 Å². The molecule has 304 valence electrons. The number of carbonyl (C=O) groups is 5. The van der Waals surface area contributed by atoms with Crippen LogP contribution in [0.2, 0.25) is 0 Å². The summed E-state index contributed by atoms with van der Waals surface area (Å²) in [5, 5.41) is 20.9. The van der Waals surface area contributed by atoms with Gasteiger partial charge in [-0.25, -0.2) is 14.4 Å². The minimum Gasteiger partial charge on any atom is -0.489 e. The molecule has 2 unspecified atom stereocenters. The van der Waals surface area contributed by atoms with Gasteiger partial charge in [-0.15, -0.1) is 0 Å². The van der Waals surface area contributed by atoms with E-state index in [9.17, 15) is 29.1 Å². The van der Waals surface area contributed by atoms with Gasteiger partial charge in [0.05, 0.1) is 0 Å². The standard InChI is InChI=1S/C46H46N4O9/c51-42-38(20-11-23-47-45(55)58-29-32-14-6-2-7-15-32)48-43(52)39(50-46(56)59-30-33-16-8-3-9-17-33)27-37-26-36(21-22-41(37)57-28-31-12-4-1-5-13-31)35-19-10-18-34(24-35)25-40(49-42)44(53)54/h1-10,12-19,21-22,24,26,38-40H,11,20,23,25,27-30H2,(H,47,55)(H,48,52)(H,49,51)(H,50,56)(H,53,54)/t38-,39?,40?/m0/s1. The van der Waals surface area contributed by atoms with Crippen molar-refractivity contribution in [1.82, 2.24) is 21.3 Å². The van der Waals surface area contributed by atoms with Crippen LogP contribution in [0, 0.1) is 0 Å². The lowest BCUT2D eigenvalue weighted by Crippen LogP contribution is -2.56. The maximum absolute atomic E-state index is 14.3. The fourth-order valence-corrected chi connectivity index (χ4v) is 6.53. The van der Waals surface area contributed by atoms with Crippen molar-refractivity contribution in [3.63, 3.8) is 0 Å². The van der Waals surface area contributed by atoms with E-state index in [1.807, 2.05) is 109 Å². The first-order valence-corrected chi connectivity index (χ1v) is 19.3. The Hall–Kier alpha value is -7.15. The first kappa shape index (κ1) is 41.5. The Morgan fingerprint density at radius 2 is 1.25 bits per heavy atom. The Morgan fingerprint density at radius 3 is 1.90 bits per heavy atom. The van der Waals surface area contributed by atoms with Crippen LogP contribution < -0.4 is 26.0 Å². The maximum atomic E-state index is 14.3. The van der Waals surface area contributed by atoms with Gasteiger partial charge in [0.2, 0.25) is 11.8 Å². The van der Waals surface area contributed by atoms with E-state index < -0.39 is 48.1 Å². The Labute approximate surface area is 342 Å². The Balaban J connectivity index is 1.27. The third-order valence-corrected chi connectivity index (χ3v) is 9.64. The van der Waals surface area contributed by atoms with Gasteiger partial charge in [0, 0.05) is 19.4 Å². The quantitative estimate of drug-likeness (QED) is 0.0882. The zero-order valence-corrected chi connectivity index (χ0v) is 32.3. The third-order valence-electron chi connectivity index (χ3n) is 9.64. The number of hydrogen-bond donors (Lipinski definition) is 5. The van der Waals surface area contributed by atoms with Gasteiger partial charge in [-0.1, -0.05) is 121 Å². The number of aliphatic carboxylic acids is 1. The average Bonchev–Trinajstić information content (AvgIpc) is 3.25. The molecular weight excluding hydrogens is 753 g/mol. The van der Waals surface area contributed by atoms with Crippen LogP contribution in [0.5, 0.6) is 5.75 Å². The number of rotatable bonds is 13. The van der Waals surface area contributed by atoms with E-state index in [1.165, 1.54) is 0 Å². The molecule has 13 nitrogen and oxygen atoms in total. The van der Waals surface area contributed by atoms with E-state index in [4.69, 9.17) is 14.2 Å². The van der Waals surface area contributed by atoms with Crippen LogP contribution in [-0.2, 0) is 56.5 Å². The SMILES string of the molecule is O=C(NCCC[C@@H]1NC(=O)C(NC(=O)OCc2ccccc2)Cc2cc(ccc2OCc2ccccc2)-c2cccc(c2)CC(C(=O)O)NC1=O)OCc1ccccc1. The average molecular weight is 799 g/mol. The smallest absolute Gasteiger partial charge is 0.408 e. The third kappa shape index (κ3) is 12.7. The fourth-order valence-electron chi connectivity index (χ4n) is 6.53. The second-order valence-electron chi connectivity index (χ2n) is 14.1. The predicted octanol–water partition coefficient (Wildman–Crippen LogP) is 6.09. The maximum Gasteiger partial charge on any atom is 0.408 e.